The number of ether oxygens (including phenoxy) is 1. The van der Waals surface area contributed by atoms with Crippen LogP contribution in [-0.4, -0.2) is 23.8 Å². The summed E-state index contributed by atoms with van der Waals surface area (Å²) in [5.74, 6) is 0.627. The number of likely N-dealkylation sites (tertiary alicyclic amines) is 1. The zero-order valence-corrected chi connectivity index (χ0v) is 11.9. The van der Waals surface area contributed by atoms with Crippen molar-refractivity contribution in [2.24, 2.45) is 11.7 Å². The molecule has 2 rings (SSSR count). The van der Waals surface area contributed by atoms with Crippen LogP contribution in [0.4, 0.5) is 0 Å². The zero-order valence-electron chi connectivity index (χ0n) is 11.9. The van der Waals surface area contributed by atoms with Gasteiger partial charge in [-0.15, -0.1) is 0 Å². The van der Waals surface area contributed by atoms with Gasteiger partial charge in [-0.05, 0) is 17.5 Å². The third-order valence-corrected chi connectivity index (χ3v) is 3.56. The fraction of sp³-hybridized carbons (Fsp3) is 0.467. The van der Waals surface area contributed by atoms with E-state index in [0.717, 1.165) is 11.1 Å². The van der Waals surface area contributed by atoms with Crippen LogP contribution in [0.2, 0.25) is 0 Å². The van der Waals surface area contributed by atoms with Crippen molar-refractivity contribution in [3.05, 3.63) is 29.3 Å². The Labute approximate surface area is 118 Å². The molecule has 1 aromatic rings. The number of benzene rings is 1. The van der Waals surface area contributed by atoms with Crippen LogP contribution in [0, 0.1) is 5.92 Å². The molecular weight excluding hydrogens is 256 g/mol. The molecular formula is C15H20N2O3. The number of nitrogens with two attached hydrogens (primary N) is 1. The molecule has 0 bridgehead atoms. The lowest BCUT2D eigenvalue weighted by molar-refractivity contribution is -0.150. The Kier molecular flexibility index (Phi) is 4.39. The SMILES string of the molecule is COc1cc(CN2C(=O)CC(C)CC2=O)ccc1CN. The first kappa shape index (κ1) is 14.5. The fourth-order valence-electron chi connectivity index (χ4n) is 2.44. The highest BCUT2D eigenvalue weighted by Gasteiger charge is 2.30. The summed E-state index contributed by atoms with van der Waals surface area (Å²) in [4.78, 5) is 25.2. The van der Waals surface area contributed by atoms with E-state index in [0.29, 0.717) is 31.7 Å². The van der Waals surface area contributed by atoms with Crippen LogP contribution in [0.15, 0.2) is 18.2 Å². The van der Waals surface area contributed by atoms with Gasteiger partial charge in [0, 0.05) is 24.9 Å². The number of nitrogens with zero attached hydrogens (tertiary/aromatic N) is 1. The predicted octanol–water partition coefficient (Wildman–Crippen LogP) is 1.44. The van der Waals surface area contributed by atoms with Crippen molar-refractivity contribution >= 4 is 11.8 Å². The topological polar surface area (TPSA) is 72.6 Å². The standard InChI is InChI=1S/C15H20N2O3/c1-10-5-14(18)17(15(19)6-10)9-11-3-4-12(8-16)13(7-11)20-2/h3-4,7,10H,5-6,8-9,16H2,1-2H3. The van der Waals surface area contributed by atoms with Gasteiger partial charge < -0.3 is 10.5 Å². The van der Waals surface area contributed by atoms with Crippen LogP contribution in [0.3, 0.4) is 0 Å². The van der Waals surface area contributed by atoms with Crippen LogP contribution in [-0.2, 0) is 22.7 Å². The van der Waals surface area contributed by atoms with E-state index in [1.807, 2.05) is 25.1 Å². The second-order valence-corrected chi connectivity index (χ2v) is 5.24. The molecule has 2 amide bonds. The molecule has 1 fully saturated rings. The minimum atomic E-state index is -0.101. The number of methoxy groups -OCH3 is 1. The van der Waals surface area contributed by atoms with E-state index in [-0.39, 0.29) is 17.7 Å². The van der Waals surface area contributed by atoms with E-state index in [1.165, 1.54) is 4.90 Å². The van der Waals surface area contributed by atoms with Gasteiger partial charge in [-0.25, -0.2) is 0 Å². The Bertz CT molecular complexity index is 510. The van der Waals surface area contributed by atoms with E-state index in [1.54, 1.807) is 7.11 Å². The normalized spacial score (nSPS) is 16.6. The lowest BCUT2D eigenvalue weighted by Gasteiger charge is -2.28. The van der Waals surface area contributed by atoms with E-state index < -0.39 is 0 Å². The van der Waals surface area contributed by atoms with Crippen LogP contribution in [0.25, 0.3) is 0 Å². The first-order valence-electron chi connectivity index (χ1n) is 6.74. The van der Waals surface area contributed by atoms with Crippen LogP contribution >= 0.6 is 0 Å². The monoisotopic (exact) mass is 276 g/mol. The molecule has 1 aliphatic heterocycles. The van der Waals surface area contributed by atoms with Gasteiger partial charge in [-0.1, -0.05) is 19.1 Å². The van der Waals surface area contributed by atoms with Gasteiger partial charge in [0.05, 0.1) is 13.7 Å². The van der Waals surface area contributed by atoms with Crippen molar-refractivity contribution < 1.29 is 14.3 Å². The number of carbonyl (C=O) groups is 2. The maximum Gasteiger partial charge on any atom is 0.229 e. The van der Waals surface area contributed by atoms with Crippen LogP contribution < -0.4 is 10.5 Å². The summed E-state index contributed by atoms with van der Waals surface area (Å²) in [5.41, 5.74) is 7.40. The van der Waals surface area contributed by atoms with Crippen LogP contribution in [0.1, 0.15) is 30.9 Å². The van der Waals surface area contributed by atoms with Crippen molar-refractivity contribution in [3.8, 4) is 5.75 Å². The predicted molar refractivity (Wildman–Crippen MR) is 74.8 cm³/mol. The third kappa shape index (κ3) is 2.99. The highest BCUT2D eigenvalue weighted by molar-refractivity contribution is 5.97. The summed E-state index contributed by atoms with van der Waals surface area (Å²) >= 11 is 0. The lowest BCUT2D eigenvalue weighted by Crippen LogP contribution is -2.42. The van der Waals surface area contributed by atoms with Gasteiger partial charge in [-0.2, -0.15) is 0 Å². The van der Waals surface area contributed by atoms with Crippen molar-refractivity contribution in [2.75, 3.05) is 7.11 Å². The zero-order chi connectivity index (χ0) is 14.7. The molecule has 0 aliphatic carbocycles. The van der Waals surface area contributed by atoms with E-state index >= 15 is 0 Å². The maximum atomic E-state index is 12.0. The Morgan fingerprint density at radius 1 is 1.30 bits per heavy atom. The molecule has 0 saturated carbocycles. The first-order chi connectivity index (χ1) is 9.55. The van der Waals surface area contributed by atoms with Gasteiger partial charge in [-0.3, -0.25) is 14.5 Å². The molecule has 0 atom stereocenters. The maximum absolute atomic E-state index is 12.0. The second-order valence-electron chi connectivity index (χ2n) is 5.24. The first-order valence-corrected chi connectivity index (χ1v) is 6.74. The summed E-state index contributed by atoms with van der Waals surface area (Å²) in [7, 11) is 1.58. The molecule has 1 heterocycles. The number of amides is 2. The summed E-state index contributed by atoms with van der Waals surface area (Å²) < 4.78 is 5.27. The van der Waals surface area contributed by atoms with E-state index in [4.69, 9.17) is 10.5 Å². The Morgan fingerprint density at radius 2 is 1.95 bits per heavy atom. The number of imide groups is 1. The Hall–Kier alpha value is -1.88. The molecule has 0 radical (unpaired) electrons. The molecule has 0 aromatic heterocycles. The molecule has 2 N–H and O–H groups in total. The average molecular weight is 276 g/mol. The van der Waals surface area contributed by atoms with Crippen molar-refractivity contribution in [1.82, 2.24) is 4.90 Å². The highest BCUT2D eigenvalue weighted by atomic mass is 16.5. The minimum Gasteiger partial charge on any atom is -0.496 e. The van der Waals surface area contributed by atoms with Gasteiger partial charge in [0.1, 0.15) is 5.75 Å². The molecule has 108 valence electrons. The average Bonchev–Trinajstić information content (AvgIpc) is 2.42. The van der Waals surface area contributed by atoms with Gasteiger partial charge >= 0.3 is 0 Å². The van der Waals surface area contributed by atoms with Crippen molar-refractivity contribution in [3.63, 3.8) is 0 Å². The largest absolute Gasteiger partial charge is 0.496 e. The molecule has 1 saturated heterocycles. The molecule has 0 unspecified atom stereocenters. The fourth-order valence-corrected chi connectivity index (χ4v) is 2.44. The summed E-state index contributed by atoms with van der Waals surface area (Å²) in [6.07, 6.45) is 0.869. The molecule has 0 spiro atoms. The quantitative estimate of drug-likeness (QED) is 0.845. The summed E-state index contributed by atoms with van der Waals surface area (Å²) in [6.45, 7) is 2.61. The molecule has 1 aliphatic rings. The van der Waals surface area contributed by atoms with E-state index in [2.05, 4.69) is 0 Å². The minimum absolute atomic E-state index is 0.101. The van der Waals surface area contributed by atoms with Crippen molar-refractivity contribution in [1.29, 1.82) is 0 Å². The number of piperidine rings is 1. The Balaban J connectivity index is 2.17. The van der Waals surface area contributed by atoms with E-state index in [9.17, 15) is 9.59 Å². The smallest absolute Gasteiger partial charge is 0.229 e. The highest BCUT2D eigenvalue weighted by Crippen LogP contribution is 2.24. The lowest BCUT2D eigenvalue weighted by atomic mass is 9.97. The number of hydrogen-bond acceptors (Lipinski definition) is 4. The molecule has 20 heavy (non-hydrogen) atoms. The van der Waals surface area contributed by atoms with Gasteiger partial charge in [0.25, 0.3) is 0 Å². The number of carbonyl (C=O) groups excluding carboxylic acids is 2. The second kappa shape index (κ2) is 6.05. The third-order valence-electron chi connectivity index (χ3n) is 3.56. The van der Waals surface area contributed by atoms with Crippen LogP contribution in [0.5, 0.6) is 5.75 Å². The summed E-state index contributed by atoms with van der Waals surface area (Å²) in [6, 6.07) is 5.58. The molecule has 1 aromatic carbocycles. The molecule has 5 nitrogen and oxygen atoms in total. The van der Waals surface area contributed by atoms with Crippen molar-refractivity contribution in [2.45, 2.75) is 32.9 Å². The molecule has 5 heteroatoms. The number of rotatable bonds is 4. The van der Waals surface area contributed by atoms with Gasteiger partial charge in [0.2, 0.25) is 11.8 Å². The summed E-state index contributed by atoms with van der Waals surface area (Å²) in [5, 5.41) is 0. The Morgan fingerprint density at radius 3 is 2.50 bits per heavy atom. The number of hydrogen-bond donors (Lipinski definition) is 1. The van der Waals surface area contributed by atoms with Gasteiger partial charge in [0.15, 0.2) is 0 Å².